The van der Waals surface area contributed by atoms with Gasteiger partial charge >= 0.3 is 0 Å². The molecule has 0 spiro atoms. The smallest absolute Gasteiger partial charge is 0.296 e. The van der Waals surface area contributed by atoms with Gasteiger partial charge in [0.15, 0.2) is 15.6 Å². The molecule has 0 aromatic heterocycles. The average molecular weight is 692 g/mol. The Morgan fingerprint density at radius 2 is 1.41 bits per heavy atom. The van der Waals surface area contributed by atoms with Crippen molar-refractivity contribution in [3.05, 3.63) is 60.2 Å². The number of methoxy groups -OCH3 is 1. The molecule has 0 fully saturated rings. The van der Waals surface area contributed by atoms with Crippen molar-refractivity contribution < 1.29 is 44.2 Å². The van der Waals surface area contributed by atoms with Crippen LogP contribution >= 0.6 is 0 Å². The molecule has 0 aliphatic rings. The summed E-state index contributed by atoms with van der Waals surface area (Å²) in [6.07, 6.45) is 0.452. The quantitative estimate of drug-likeness (QED) is 0.0990. The molecule has 4 aromatic carbocycles. The van der Waals surface area contributed by atoms with Gasteiger partial charge in [0, 0.05) is 17.8 Å². The number of fused-ring (bicyclic) bond motifs is 1. The second-order valence-corrected chi connectivity index (χ2v) is 14.8. The summed E-state index contributed by atoms with van der Waals surface area (Å²) in [5, 5.41) is 30.3. The van der Waals surface area contributed by atoms with Crippen molar-refractivity contribution in [3.63, 3.8) is 0 Å². The minimum Gasteiger partial charge on any atom is -0.505 e. The largest absolute Gasteiger partial charge is 0.505 e. The van der Waals surface area contributed by atoms with Gasteiger partial charge in [0.1, 0.15) is 27.7 Å². The Morgan fingerprint density at radius 1 is 0.761 bits per heavy atom. The SMILES string of the molecule is CCCS(=O)(=O)c1ccc(N=Nc2c(NC)ccc3c(O)c(N=Nc4cc(S(=O)(=O)O)ccc4OC)c(S(=O)(=O)O)cc23)c(C)c1. The number of ether oxygens (including phenoxy) is 1. The van der Waals surface area contributed by atoms with Crippen LogP contribution in [0.25, 0.3) is 10.8 Å². The van der Waals surface area contributed by atoms with E-state index in [0.717, 1.165) is 18.2 Å². The van der Waals surface area contributed by atoms with Gasteiger partial charge < -0.3 is 15.2 Å². The summed E-state index contributed by atoms with van der Waals surface area (Å²) in [7, 11) is -10.4. The fourth-order valence-corrected chi connectivity index (χ4v) is 7.00. The molecule has 0 heterocycles. The Morgan fingerprint density at radius 3 is 2.00 bits per heavy atom. The summed E-state index contributed by atoms with van der Waals surface area (Å²) in [5.41, 5.74) is 0.313. The van der Waals surface area contributed by atoms with Crippen molar-refractivity contribution in [3.8, 4) is 11.5 Å². The number of phenols is 1. The molecule has 15 nitrogen and oxygen atoms in total. The van der Waals surface area contributed by atoms with E-state index in [1.807, 2.05) is 0 Å². The summed E-state index contributed by atoms with van der Waals surface area (Å²) in [5.74, 6) is -0.738. The molecule has 0 amide bonds. The Bertz CT molecular complexity index is 2240. The normalized spacial score (nSPS) is 12.7. The fourth-order valence-electron chi connectivity index (χ4n) is 4.44. The van der Waals surface area contributed by atoms with E-state index < -0.39 is 51.3 Å². The van der Waals surface area contributed by atoms with Gasteiger partial charge in [0.25, 0.3) is 20.2 Å². The number of azo groups is 2. The maximum atomic E-state index is 12.5. The first-order valence-electron chi connectivity index (χ1n) is 13.3. The van der Waals surface area contributed by atoms with Crippen molar-refractivity contribution in [2.24, 2.45) is 20.5 Å². The second kappa shape index (κ2) is 13.1. The van der Waals surface area contributed by atoms with Crippen LogP contribution < -0.4 is 10.1 Å². The van der Waals surface area contributed by atoms with E-state index in [1.54, 1.807) is 20.9 Å². The van der Waals surface area contributed by atoms with Crippen LogP contribution in [0.15, 0.2) is 89.7 Å². The van der Waals surface area contributed by atoms with Crippen LogP contribution in [0, 0.1) is 6.92 Å². The minimum atomic E-state index is -5.06. The first kappa shape index (κ1) is 34.4. The topological polar surface area (TPSA) is 234 Å². The van der Waals surface area contributed by atoms with Crippen LogP contribution in [-0.2, 0) is 30.1 Å². The number of hydrogen-bond donors (Lipinski definition) is 4. The molecule has 0 atom stereocenters. The number of rotatable bonds is 11. The molecule has 4 N–H and O–H groups in total. The lowest BCUT2D eigenvalue weighted by molar-refractivity contribution is 0.415. The third-order valence-electron chi connectivity index (χ3n) is 6.72. The zero-order chi connectivity index (χ0) is 34.0. The Kier molecular flexibility index (Phi) is 9.78. The maximum absolute atomic E-state index is 12.5. The lowest BCUT2D eigenvalue weighted by Gasteiger charge is -2.13. The van der Waals surface area contributed by atoms with Crippen LogP contribution in [0.2, 0.25) is 0 Å². The lowest BCUT2D eigenvalue weighted by Crippen LogP contribution is -2.05. The molecule has 18 heteroatoms. The lowest BCUT2D eigenvalue weighted by atomic mass is 10.1. The van der Waals surface area contributed by atoms with Gasteiger partial charge in [-0.2, -0.15) is 21.9 Å². The Labute approximate surface area is 265 Å². The highest BCUT2D eigenvalue weighted by Crippen LogP contribution is 2.47. The van der Waals surface area contributed by atoms with Crippen molar-refractivity contribution in [1.82, 2.24) is 0 Å². The number of hydrogen-bond acceptors (Lipinski definition) is 13. The third kappa shape index (κ3) is 7.15. The van der Waals surface area contributed by atoms with Crippen molar-refractivity contribution in [1.29, 1.82) is 0 Å². The number of aromatic hydroxyl groups is 1. The van der Waals surface area contributed by atoms with Crippen molar-refractivity contribution in [2.45, 2.75) is 35.0 Å². The van der Waals surface area contributed by atoms with Gasteiger partial charge in [-0.3, -0.25) is 9.11 Å². The molecule has 4 rings (SSSR count). The van der Waals surface area contributed by atoms with Gasteiger partial charge in [0.05, 0.1) is 34.0 Å². The van der Waals surface area contributed by atoms with E-state index in [-0.39, 0.29) is 38.5 Å². The molecule has 0 unspecified atom stereocenters. The maximum Gasteiger partial charge on any atom is 0.296 e. The zero-order valence-electron chi connectivity index (χ0n) is 24.8. The summed E-state index contributed by atoms with van der Waals surface area (Å²) < 4.78 is 97.8. The highest BCUT2D eigenvalue weighted by molar-refractivity contribution is 7.91. The van der Waals surface area contributed by atoms with Gasteiger partial charge in [-0.15, -0.1) is 15.3 Å². The molecule has 0 aliphatic carbocycles. The summed E-state index contributed by atoms with van der Waals surface area (Å²) in [4.78, 5) is -1.28. The summed E-state index contributed by atoms with van der Waals surface area (Å²) >= 11 is 0. The fraction of sp³-hybridized carbons (Fsp3) is 0.214. The number of phenolic OH excluding ortho intramolecular Hbond substituents is 1. The minimum absolute atomic E-state index is 0.00233. The Hall–Kier alpha value is -4.49. The van der Waals surface area contributed by atoms with Crippen molar-refractivity contribution in [2.75, 3.05) is 25.2 Å². The van der Waals surface area contributed by atoms with Crippen LogP contribution in [-0.4, -0.2) is 59.4 Å². The number of aryl methyl sites for hydroxylation is 1. The van der Waals surface area contributed by atoms with Crippen LogP contribution in [0.4, 0.5) is 28.4 Å². The standard InChI is InChI=1S/C28H29N5O10S3/c1-5-12-44(35,36)17-6-9-21(16(2)13-17)30-32-26-20-15-25(46(40,41)42)27(28(34)19(20)8-10-22(26)29-3)33-31-23-14-18(45(37,38)39)7-11-24(23)43-4/h6-11,13-15,29,34H,5,12H2,1-4H3,(H,37,38,39)(H,40,41,42). The summed E-state index contributed by atoms with van der Waals surface area (Å²) in [6, 6.07) is 11.5. The third-order valence-corrected chi connectivity index (χ3v) is 10.4. The highest BCUT2D eigenvalue weighted by Gasteiger charge is 2.25. The van der Waals surface area contributed by atoms with Crippen molar-refractivity contribution >= 4 is 69.3 Å². The number of benzene rings is 4. The molecular formula is C28H29N5O10S3. The zero-order valence-corrected chi connectivity index (χ0v) is 27.3. The van der Waals surface area contributed by atoms with E-state index in [0.29, 0.717) is 23.4 Å². The summed E-state index contributed by atoms with van der Waals surface area (Å²) in [6.45, 7) is 3.41. The van der Waals surface area contributed by atoms with E-state index >= 15 is 0 Å². The van der Waals surface area contributed by atoms with Crippen LogP contribution in [0.1, 0.15) is 18.9 Å². The van der Waals surface area contributed by atoms with Gasteiger partial charge in [-0.1, -0.05) is 6.92 Å². The number of sulfone groups is 1. The highest BCUT2D eigenvalue weighted by atomic mass is 32.2. The molecular weight excluding hydrogens is 663 g/mol. The number of anilines is 1. The monoisotopic (exact) mass is 691 g/mol. The van der Waals surface area contributed by atoms with E-state index in [1.165, 1.54) is 43.5 Å². The molecule has 244 valence electrons. The average Bonchev–Trinajstić information content (AvgIpc) is 2.98. The van der Waals surface area contributed by atoms with E-state index in [2.05, 4.69) is 25.8 Å². The molecule has 46 heavy (non-hydrogen) atoms. The Balaban J connectivity index is 1.90. The van der Waals surface area contributed by atoms with E-state index in [4.69, 9.17) is 4.74 Å². The number of nitrogens with zero attached hydrogens (tertiary/aromatic N) is 4. The first-order valence-corrected chi connectivity index (χ1v) is 17.9. The second-order valence-electron chi connectivity index (χ2n) is 9.83. The van der Waals surface area contributed by atoms with Crippen LogP contribution in [0.3, 0.4) is 0 Å². The molecule has 0 aliphatic heterocycles. The predicted molar refractivity (Wildman–Crippen MR) is 170 cm³/mol. The van der Waals surface area contributed by atoms with Gasteiger partial charge in [-0.05, 0) is 73.5 Å². The molecule has 0 bridgehead atoms. The van der Waals surface area contributed by atoms with E-state index in [9.17, 15) is 39.5 Å². The predicted octanol–water partition coefficient (Wildman–Crippen LogP) is 6.41. The molecule has 0 saturated heterocycles. The molecule has 0 radical (unpaired) electrons. The van der Waals surface area contributed by atoms with Gasteiger partial charge in [0.2, 0.25) is 0 Å². The molecule has 0 saturated carbocycles. The van der Waals surface area contributed by atoms with Gasteiger partial charge in [-0.25, -0.2) is 8.42 Å². The first-order chi connectivity index (χ1) is 21.5. The molecule has 4 aromatic rings. The van der Waals surface area contributed by atoms with Crippen LogP contribution in [0.5, 0.6) is 11.5 Å². The number of nitrogens with one attached hydrogen (secondary N) is 1.